The number of anilines is 1. The van der Waals surface area contributed by atoms with E-state index in [1.54, 1.807) is 12.3 Å². The van der Waals surface area contributed by atoms with Crippen LogP contribution in [-0.4, -0.2) is 4.98 Å². The number of benzene rings is 1. The third kappa shape index (κ3) is 3.23. The molecule has 0 amide bonds. The molecule has 0 saturated heterocycles. The molecule has 2 rings (SSSR count). The molecule has 0 fully saturated rings. The van der Waals surface area contributed by atoms with Gasteiger partial charge in [0.1, 0.15) is 17.5 Å². The Labute approximate surface area is 106 Å². The van der Waals surface area contributed by atoms with E-state index in [1.165, 1.54) is 12.1 Å². The number of hydrogen-bond donors (Lipinski definition) is 1. The first-order valence-electron chi connectivity index (χ1n) is 4.94. The summed E-state index contributed by atoms with van der Waals surface area (Å²) in [6, 6.07) is 7.11. The van der Waals surface area contributed by atoms with Gasteiger partial charge >= 0.3 is 0 Å². The van der Waals surface area contributed by atoms with Gasteiger partial charge in [-0.3, -0.25) is 0 Å². The van der Waals surface area contributed by atoms with Crippen molar-refractivity contribution in [3.63, 3.8) is 0 Å². The molecule has 1 heterocycles. The molecule has 0 aliphatic rings. The van der Waals surface area contributed by atoms with Gasteiger partial charge in [0, 0.05) is 28.8 Å². The van der Waals surface area contributed by atoms with Crippen LogP contribution in [0.25, 0.3) is 0 Å². The van der Waals surface area contributed by atoms with Crippen molar-refractivity contribution in [2.24, 2.45) is 0 Å². The number of hydrogen-bond acceptors (Lipinski definition) is 2. The highest BCUT2D eigenvalue weighted by Crippen LogP contribution is 2.13. The van der Waals surface area contributed by atoms with Gasteiger partial charge in [0.2, 0.25) is 0 Å². The zero-order valence-corrected chi connectivity index (χ0v) is 10.3. The molecule has 0 atom stereocenters. The maximum Gasteiger partial charge on any atom is 0.131 e. The van der Waals surface area contributed by atoms with E-state index in [9.17, 15) is 8.78 Å². The van der Waals surface area contributed by atoms with E-state index in [0.717, 1.165) is 10.5 Å². The van der Waals surface area contributed by atoms with Crippen molar-refractivity contribution in [1.82, 2.24) is 4.98 Å². The van der Waals surface area contributed by atoms with Crippen LogP contribution in [0.5, 0.6) is 0 Å². The molecule has 2 nitrogen and oxygen atoms in total. The van der Waals surface area contributed by atoms with Gasteiger partial charge in [-0.15, -0.1) is 0 Å². The van der Waals surface area contributed by atoms with Crippen molar-refractivity contribution in [2.45, 2.75) is 6.54 Å². The Morgan fingerprint density at radius 2 is 2.00 bits per heavy atom. The molecule has 1 aromatic carbocycles. The maximum absolute atomic E-state index is 13.3. The van der Waals surface area contributed by atoms with Gasteiger partial charge in [0.25, 0.3) is 0 Å². The molecule has 0 saturated carbocycles. The van der Waals surface area contributed by atoms with Gasteiger partial charge in [-0.2, -0.15) is 0 Å². The fourth-order valence-corrected chi connectivity index (χ4v) is 1.57. The Morgan fingerprint density at radius 1 is 1.18 bits per heavy atom. The zero-order valence-electron chi connectivity index (χ0n) is 8.75. The van der Waals surface area contributed by atoms with Crippen LogP contribution in [0.15, 0.2) is 41.0 Å². The van der Waals surface area contributed by atoms with E-state index in [0.29, 0.717) is 11.4 Å². The smallest absolute Gasteiger partial charge is 0.131 e. The first kappa shape index (κ1) is 12.0. The average molecular weight is 299 g/mol. The molecule has 1 aromatic heterocycles. The van der Waals surface area contributed by atoms with E-state index in [-0.39, 0.29) is 6.54 Å². The zero-order chi connectivity index (χ0) is 12.3. The van der Waals surface area contributed by atoms with Gasteiger partial charge in [0.15, 0.2) is 0 Å². The summed E-state index contributed by atoms with van der Waals surface area (Å²) in [5, 5.41) is 2.95. The molecule has 0 aliphatic heterocycles. The summed E-state index contributed by atoms with van der Waals surface area (Å²) in [5.74, 6) is -0.500. The number of pyridine rings is 1. The lowest BCUT2D eigenvalue weighted by Gasteiger charge is -2.06. The number of halogens is 3. The van der Waals surface area contributed by atoms with Crippen molar-refractivity contribution >= 4 is 21.7 Å². The van der Waals surface area contributed by atoms with Crippen LogP contribution in [0.3, 0.4) is 0 Å². The van der Waals surface area contributed by atoms with Crippen LogP contribution in [0.4, 0.5) is 14.6 Å². The first-order valence-corrected chi connectivity index (χ1v) is 5.74. The monoisotopic (exact) mass is 298 g/mol. The van der Waals surface area contributed by atoms with Crippen molar-refractivity contribution in [3.8, 4) is 0 Å². The minimum Gasteiger partial charge on any atom is -0.366 e. The lowest BCUT2D eigenvalue weighted by molar-refractivity contribution is 0.574. The molecule has 5 heteroatoms. The highest BCUT2D eigenvalue weighted by molar-refractivity contribution is 9.10. The van der Waals surface area contributed by atoms with Gasteiger partial charge in [-0.05, 0) is 34.1 Å². The van der Waals surface area contributed by atoms with Crippen LogP contribution in [0.1, 0.15) is 5.56 Å². The summed E-state index contributed by atoms with van der Waals surface area (Å²) in [5.41, 5.74) is 0.399. The molecule has 17 heavy (non-hydrogen) atoms. The normalized spacial score (nSPS) is 10.3. The highest BCUT2D eigenvalue weighted by Gasteiger charge is 2.03. The van der Waals surface area contributed by atoms with Crippen LogP contribution in [-0.2, 0) is 6.54 Å². The van der Waals surface area contributed by atoms with Gasteiger partial charge in [-0.25, -0.2) is 13.8 Å². The topological polar surface area (TPSA) is 24.9 Å². The summed E-state index contributed by atoms with van der Waals surface area (Å²) in [6.07, 6.45) is 1.64. The predicted molar refractivity (Wildman–Crippen MR) is 65.6 cm³/mol. The van der Waals surface area contributed by atoms with E-state index in [2.05, 4.69) is 26.2 Å². The molecular weight excluding hydrogens is 290 g/mol. The van der Waals surface area contributed by atoms with Gasteiger partial charge < -0.3 is 5.32 Å². The fourth-order valence-electron chi connectivity index (χ4n) is 1.33. The van der Waals surface area contributed by atoms with Crippen LogP contribution in [0, 0.1) is 11.6 Å². The largest absolute Gasteiger partial charge is 0.366 e. The fraction of sp³-hybridized carbons (Fsp3) is 0.0833. The molecular formula is C12H9BrF2N2. The molecule has 0 aliphatic carbocycles. The van der Waals surface area contributed by atoms with E-state index in [4.69, 9.17) is 0 Å². The van der Waals surface area contributed by atoms with Crippen molar-refractivity contribution < 1.29 is 8.78 Å². The van der Waals surface area contributed by atoms with Crippen LogP contribution in [0.2, 0.25) is 0 Å². The second-order valence-corrected chi connectivity index (χ2v) is 4.37. The molecule has 0 unspecified atom stereocenters. The quantitative estimate of drug-likeness (QED) is 0.934. The minimum absolute atomic E-state index is 0.265. The number of aromatic nitrogens is 1. The lowest BCUT2D eigenvalue weighted by Crippen LogP contribution is -2.03. The standard InChI is InChI=1S/C12H9BrF2N2/c13-9-2-4-12(17-7-9)16-6-8-1-3-10(14)5-11(8)15/h1-5,7H,6H2,(H,16,17). The number of nitrogens with one attached hydrogen (secondary N) is 1. The Balaban J connectivity index is 2.04. The SMILES string of the molecule is Fc1ccc(CNc2ccc(Br)cn2)c(F)c1. The summed E-state index contributed by atoms with van der Waals surface area (Å²) >= 11 is 3.27. The van der Waals surface area contributed by atoms with Gasteiger partial charge in [0.05, 0.1) is 0 Å². The Bertz CT molecular complexity index is 514. The third-order valence-electron chi connectivity index (χ3n) is 2.20. The second kappa shape index (κ2) is 5.23. The molecule has 88 valence electrons. The van der Waals surface area contributed by atoms with Gasteiger partial charge in [-0.1, -0.05) is 6.07 Å². The van der Waals surface area contributed by atoms with Crippen molar-refractivity contribution in [2.75, 3.05) is 5.32 Å². The summed E-state index contributed by atoms with van der Waals surface area (Å²) in [4.78, 5) is 4.09. The number of rotatable bonds is 3. The molecule has 2 aromatic rings. The summed E-state index contributed by atoms with van der Waals surface area (Å²) in [7, 11) is 0. The van der Waals surface area contributed by atoms with E-state index in [1.807, 2.05) is 6.07 Å². The van der Waals surface area contributed by atoms with Crippen molar-refractivity contribution in [3.05, 3.63) is 58.2 Å². The van der Waals surface area contributed by atoms with E-state index < -0.39 is 11.6 Å². The second-order valence-electron chi connectivity index (χ2n) is 3.45. The molecule has 1 N–H and O–H groups in total. The summed E-state index contributed by atoms with van der Waals surface area (Å²) < 4.78 is 26.9. The number of nitrogens with zero attached hydrogens (tertiary/aromatic N) is 1. The summed E-state index contributed by atoms with van der Waals surface area (Å²) in [6.45, 7) is 0.265. The Kier molecular flexibility index (Phi) is 3.68. The van der Waals surface area contributed by atoms with Crippen LogP contribution < -0.4 is 5.32 Å². The first-order chi connectivity index (χ1) is 8.15. The lowest BCUT2D eigenvalue weighted by atomic mass is 10.2. The molecule has 0 bridgehead atoms. The van der Waals surface area contributed by atoms with E-state index >= 15 is 0 Å². The predicted octanol–water partition coefficient (Wildman–Crippen LogP) is 3.73. The highest BCUT2D eigenvalue weighted by atomic mass is 79.9. The molecule has 0 spiro atoms. The Hall–Kier alpha value is -1.49. The Morgan fingerprint density at radius 3 is 2.65 bits per heavy atom. The average Bonchev–Trinajstić information content (AvgIpc) is 2.30. The third-order valence-corrected chi connectivity index (χ3v) is 2.67. The molecule has 0 radical (unpaired) electrons. The van der Waals surface area contributed by atoms with Crippen molar-refractivity contribution in [1.29, 1.82) is 0 Å². The maximum atomic E-state index is 13.3. The van der Waals surface area contributed by atoms with Crippen LogP contribution >= 0.6 is 15.9 Å². The minimum atomic E-state index is -0.576.